The van der Waals surface area contributed by atoms with Crippen LogP contribution in [-0.2, 0) is 0 Å². The van der Waals surface area contributed by atoms with Crippen LogP contribution in [0.15, 0.2) is 48.0 Å². The van der Waals surface area contributed by atoms with E-state index < -0.39 is 0 Å². The summed E-state index contributed by atoms with van der Waals surface area (Å²) in [6, 6.07) is 10.2. The minimum absolute atomic E-state index is 0.881. The lowest BCUT2D eigenvalue weighted by Gasteiger charge is -2.08. The van der Waals surface area contributed by atoms with Gasteiger partial charge in [-0.25, -0.2) is 0 Å². The predicted octanol–water partition coefficient (Wildman–Crippen LogP) is 4.56. The molecule has 0 amide bonds. The summed E-state index contributed by atoms with van der Waals surface area (Å²) in [5.74, 6) is 0.881. The van der Waals surface area contributed by atoms with E-state index in [-0.39, 0.29) is 0 Å². The fraction of sp³-hybridized carbons (Fsp3) is 0.400. The predicted molar refractivity (Wildman–Crippen MR) is 84.5 cm³/mol. The first-order valence-corrected chi connectivity index (χ1v) is 7.45. The van der Waals surface area contributed by atoms with Crippen molar-refractivity contribution >= 4 is 22.6 Å². The zero-order valence-electron chi connectivity index (χ0n) is 11.1. The standard InChI is InChI=1S/C15H22N2S/c1-3-5-9-12-16-15(18-13-4-2)17-14-10-7-6-8-11-14/h4,6-8,10-11H,2-3,5,9,12-13H2,1H3,(H,16,17). The Bertz CT molecular complexity index is 360. The van der Waals surface area contributed by atoms with Crippen molar-refractivity contribution in [2.45, 2.75) is 26.2 Å². The van der Waals surface area contributed by atoms with E-state index in [2.05, 4.69) is 35.9 Å². The normalized spacial score (nSPS) is 11.3. The molecule has 0 fully saturated rings. The SMILES string of the molecule is C=CCSC(=NCCCCC)Nc1ccccc1. The average Bonchev–Trinajstić information content (AvgIpc) is 2.41. The summed E-state index contributed by atoms with van der Waals surface area (Å²) >= 11 is 1.70. The lowest BCUT2D eigenvalue weighted by molar-refractivity contribution is 0.729. The fourth-order valence-corrected chi connectivity index (χ4v) is 2.09. The third kappa shape index (κ3) is 6.50. The number of para-hydroxylation sites is 1. The number of hydrogen-bond donors (Lipinski definition) is 1. The summed E-state index contributed by atoms with van der Waals surface area (Å²) in [5, 5.41) is 4.34. The number of aliphatic imine (C=N–C) groups is 1. The number of benzene rings is 1. The molecular weight excluding hydrogens is 240 g/mol. The number of thioether (sulfide) groups is 1. The third-order valence-corrected chi connectivity index (χ3v) is 3.29. The molecule has 1 aromatic carbocycles. The Labute approximate surface area is 115 Å². The largest absolute Gasteiger partial charge is 0.335 e. The summed E-state index contributed by atoms with van der Waals surface area (Å²) in [6.07, 6.45) is 5.54. The van der Waals surface area contributed by atoms with E-state index in [1.807, 2.05) is 24.3 Å². The first kappa shape index (κ1) is 14.8. The summed E-state index contributed by atoms with van der Waals surface area (Å²) in [5.41, 5.74) is 1.09. The van der Waals surface area contributed by atoms with Crippen molar-refractivity contribution < 1.29 is 0 Å². The maximum Gasteiger partial charge on any atom is 0.161 e. The molecule has 0 unspecified atom stereocenters. The number of anilines is 1. The Balaban J connectivity index is 2.51. The van der Waals surface area contributed by atoms with Gasteiger partial charge in [-0.15, -0.1) is 6.58 Å². The van der Waals surface area contributed by atoms with Crippen molar-refractivity contribution in [3.63, 3.8) is 0 Å². The highest BCUT2D eigenvalue weighted by molar-refractivity contribution is 8.14. The highest BCUT2D eigenvalue weighted by Gasteiger charge is 1.99. The molecule has 0 aliphatic carbocycles. The molecule has 0 radical (unpaired) electrons. The van der Waals surface area contributed by atoms with Crippen LogP contribution in [0.2, 0.25) is 0 Å². The Morgan fingerprint density at radius 1 is 1.33 bits per heavy atom. The smallest absolute Gasteiger partial charge is 0.161 e. The maximum absolute atomic E-state index is 4.61. The van der Waals surface area contributed by atoms with Gasteiger partial charge in [0.1, 0.15) is 0 Å². The van der Waals surface area contributed by atoms with Crippen LogP contribution >= 0.6 is 11.8 Å². The van der Waals surface area contributed by atoms with Crippen molar-refractivity contribution in [3.8, 4) is 0 Å². The zero-order chi connectivity index (χ0) is 13.1. The molecule has 0 saturated carbocycles. The van der Waals surface area contributed by atoms with Gasteiger partial charge in [-0.2, -0.15) is 0 Å². The van der Waals surface area contributed by atoms with Crippen LogP contribution in [0.25, 0.3) is 0 Å². The number of amidine groups is 1. The van der Waals surface area contributed by atoms with Crippen molar-refractivity contribution in [1.82, 2.24) is 0 Å². The molecule has 18 heavy (non-hydrogen) atoms. The van der Waals surface area contributed by atoms with Crippen LogP contribution in [0.3, 0.4) is 0 Å². The third-order valence-electron chi connectivity index (χ3n) is 2.38. The monoisotopic (exact) mass is 262 g/mol. The quantitative estimate of drug-likeness (QED) is 0.337. The van der Waals surface area contributed by atoms with Crippen molar-refractivity contribution in [2.24, 2.45) is 4.99 Å². The molecule has 0 aromatic heterocycles. The van der Waals surface area contributed by atoms with Crippen molar-refractivity contribution in [1.29, 1.82) is 0 Å². The molecule has 1 aromatic rings. The highest BCUT2D eigenvalue weighted by atomic mass is 32.2. The van der Waals surface area contributed by atoms with E-state index in [1.165, 1.54) is 12.8 Å². The van der Waals surface area contributed by atoms with Gasteiger partial charge in [0.2, 0.25) is 0 Å². The Kier molecular flexibility index (Phi) is 8.06. The van der Waals surface area contributed by atoms with Crippen LogP contribution in [0.5, 0.6) is 0 Å². The maximum atomic E-state index is 4.61. The van der Waals surface area contributed by atoms with E-state index >= 15 is 0 Å². The zero-order valence-corrected chi connectivity index (χ0v) is 11.9. The van der Waals surface area contributed by atoms with Gasteiger partial charge in [0.15, 0.2) is 5.17 Å². The molecule has 0 spiro atoms. The minimum Gasteiger partial charge on any atom is -0.335 e. The summed E-state index contributed by atoms with van der Waals surface area (Å²) in [6.45, 7) is 6.85. The van der Waals surface area contributed by atoms with Gasteiger partial charge in [-0.05, 0) is 18.6 Å². The fourth-order valence-electron chi connectivity index (χ4n) is 1.45. The number of hydrogen-bond acceptors (Lipinski definition) is 2. The van der Waals surface area contributed by atoms with Gasteiger partial charge in [0.05, 0.1) is 0 Å². The Morgan fingerprint density at radius 2 is 2.11 bits per heavy atom. The highest BCUT2D eigenvalue weighted by Crippen LogP contribution is 2.11. The van der Waals surface area contributed by atoms with Crippen LogP contribution in [0.4, 0.5) is 5.69 Å². The lowest BCUT2D eigenvalue weighted by atomic mass is 10.2. The van der Waals surface area contributed by atoms with Crippen LogP contribution in [-0.4, -0.2) is 17.5 Å². The second-order valence-electron chi connectivity index (χ2n) is 3.98. The number of nitrogens with zero attached hydrogens (tertiary/aromatic N) is 1. The molecule has 2 nitrogen and oxygen atoms in total. The first-order chi connectivity index (χ1) is 8.86. The van der Waals surface area contributed by atoms with Crippen molar-refractivity contribution in [3.05, 3.63) is 43.0 Å². The van der Waals surface area contributed by atoms with E-state index in [0.717, 1.165) is 29.6 Å². The van der Waals surface area contributed by atoms with Crippen LogP contribution in [0.1, 0.15) is 26.2 Å². The summed E-state index contributed by atoms with van der Waals surface area (Å²) in [4.78, 5) is 4.61. The Hall–Kier alpha value is -1.22. The molecule has 0 aliphatic rings. The van der Waals surface area contributed by atoms with Gasteiger partial charge in [0.25, 0.3) is 0 Å². The van der Waals surface area contributed by atoms with Gasteiger partial charge >= 0.3 is 0 Å². The van der Waals surface area contributed by atoms with E-state index in [4.69, 9.17) is 0 Å². The number of nitrogens with one attached hydrogen (secondary N) is 1. The van der Waals surface area contributed by atoms with E-state index in [1.54, 1.807) is 11.8 Å². The molecule has 3 heteroatoms. The van der Waals surface area contributed by atoms with Gasteiger partial charge in [-0.1, -0.05) is 55.8 Å². The van der Waals surface area contributed by atoms with Gasteiger partial charge in [0, 0.05) is 18.0 Å². The van der Waals surface area contributed by atoms with Crippen LogP contribution in [0, 0.1) is 0 Å². The molecule has 0 saturated heterocycles. The summed E-state index contributed by atoms with van der Waals surface area (Å²) in [7, 11) is 0. The summed E-state index contributed by atoms with van der Waals surface area (Å²) < 4.78 is 0. The first-order valence-electron chi connectivity index (χ1n) is 6.47. The second kappa shape index (κ2) is 9.77. The van der Waals surface area contributed by atoms with E-state index in [9.17, 15) is 0 Å². The van der Waals surface area contributed by atoms with E-state index in [0.29, 0.717) is 0 Å². The van der Waals surface area contributed by atoms with Crippen LogP contribution < -0.4 is 5.32 Å². The van der Waals surface area contributed by atoms with Gasteiger partial charge < -0.3 is 5.32 Å². The number of unbranched alkanes of at least 4 members (excludes halogenated alkanes) is 2. The van der Waals surface area contributed by atoms with Gasteiger partial charge in [-0.3, -0.25) is 4.99 Å². The van der Waals surface area contributed by atoms with Crippen molar-refractivity contribution in [2.75, 3.05) is 17.6 Å². The Morgan fingerprint density at radius 3 is 2.78 bits per heavy atom. The molecule has 0 atom stereocenters. The lowest BCUT2D eigenvalue weighted by Crippen LogP contribution is -2.09. The minimum atomic E-state index is 0.881. The average molecular weight is 262 g/mol. The molecule has 1 N–H and O–H groups in total. The number of rotatable bonds is 7. The molecular formula is C15H22N2S. The molecule has 0 aliphatic heterocycles. The molecule has 0 bridgehead atoms. The molecule has 1 rings (SSSR count). The topological polar surface area (TPSA) is 24.4 Å². The second-order valence-corrected chi connectivity index (χ2v) is 4.99. The molecule has 98 valence electrons. The molecule has 0 heterocycles.